The normalized spacial score (nSPS) is 11.4. The van der Waals surface area contributed by atoms with Gasteiger partial charge in [0.15, 0.2) is 11.5 Å². The third-order valence-corrected chi connectivity index (χ3v) is 4.34. The molecular formula is C19H18N4. The highest BCUT2D eigenvalue weighted by Crippen LogP contribution is 2.28. The van der Waals surface area contributed by atoms with Gasteiger partial charge in [-0.3, -0.25) is 4.40 Å². The van der Waals surface area contributed by atoms with Gasteiger partial charge in [-0.1, -0.05) is 36.4 Å². The third kappa shape index (κ3) is 2.11. The molecule has 114 valence electrons. The topological polar surface area (TPSA) is 56.2 Å². The molecule has 0 aliphatic rings. The van der Waals surface area contributed by atoms with Gasteiger partial charge < -0.3 is 5.73 Å². The lowest BCUT2D eigenvalue weighted by Crippen LogP contribution is -1.98. The van der Waals surface area contributed by atoms with Gasteiger partial charge in [0.1, 0.15) is 0 Å². The minimum absolute atomic E-state index is 0.517. The zero-order valence-electron chi connectivity index (χ0n) is 13.2. The molecule has 2 N–H and O–H groups in total. The quantitative estimate of drug-likeness (QED) is 0.615. The Morgan fingerprint density at radius 3 is 2.61 bits per heavy atom. The van der Waals surface area contributed by atoms with E-state index >= 15 is 0 Å². The lowest BCUT2D eigenvalue weighted by Gasteiger charge is -2.10. The van der Waals surface area contributed by atoms with Crippen LogP contribution < -0.4 is 5.73 Å². The van der Waals surface area contributed by atoms with Crippen LogP contribution in [-0.2, 0) is 6.54 Å². The molecule has 2 aromatic heterocycles. The van der Waals surface area contributed by atoms with Crippen molar-refractivity contribution >= 4 is 16.6 Å². The van der Waals surface area contributed by atoms with E-state index in [9.17, 15) is 0 Å². The van der Waals surface area contributed by atoms with Crippen LogP contribution in [0.4, 0.5) is 0 Å². The number of nitrogens with two attached hydrogens (primary N) is 1. The van der Waals surface area contributed by atoms with Crippen molar-refractivity contribution in [3.63, 3.8) is 0 Å². The predicted octanol–water partition coefficient (Wildman–Crippen LogP) is 3.63. The molecule has 0 saturated carbocycles. The van der Waals surface area contributed by atoms with E-state index in [4.69, 9.17) is 5.73 Å². The maximum atomic E-state index is 5.78. The van der Waals surface area contributed by atoms with Crippen LogP contribution in [0, 0.1) is 13.8 Å². The Hall–Kier alpha value is -2.72. The maximum Gasteiger partial charge on any atom is 0.168 e. The lowest BCUT2D eigenvalue weighted by molar-refractivity contribution is 1.07. The second-order valence-corrected chi connectivity index (χ2v) is 5.92. The van der Waals surface area contributed by atoms with Crippen molar-refractivity contribution in [3.05, 3.63) is 65.2 Å². The van der Waals surface area contributed by atoms with E-state index in [0.717, 1.165) is 22.6 Å². The van der Waals surface area contributed by atoms with Crippen LogP contribution in [0.2, 0.25) is 0 Å². The summed E-state index contributed by atoms with van der Waals surface area (Å²) in [6.07, 6.45) is 0. The molecule has 0 fully saturated rings. The summed E-state index contributed by atoms with van der Waals surface area (Å²) in [6.45, 7) is 4.76. The number of fused-ring (bicyclic) bond motifs is 3. The van der Waals surface area contributed by atoms with Gasteiger partial charge in [-0.2, -0.15) is 0 Å². The third-order valence-electron chi connectivity index (χ3n) is 4.34. The summed E-state index contributed by atoms with van der Waals surface area (Å²) in [4.78, 5) is 0. The molecule has 2 aromatic carbocycles. The second-order valence-electron chi connectivity index (χ2n) is 5.92. The molecule has 4 nitrogen and oxygen atoms in total. The van der Waals surface area contributed by atoms with Crippen LogP contribution >= 0.6 is 0 Å². The molecule has 4 heteroatoms. The minimum Gasteiger partial charge on any atom is -0.326 e. The molecule has 0 saturated heterocycles. The van der Waals surface area contributed by atoms with Crippen molar-refractivity contribution < 1.29 is 0 Å². The molecule has 0 radical (unpaired) electrons. The first-order valence-electron chi connectivity index (χ1n) is 7.72. The molecule has 0 aliphatic carbocycles. The number of para-hydroxylation sites is 1. The SMILES string of the molecule is Cc1cc2nnc(-c3cccc(CN)c3)n2c2c(C)cccc12. The second kappa shape index (κ2) is 5.18. The van der Waals surface area contributed by atoms with Crippen LogP contribution in [0.15, 0.2) is 48.5 Å². The fourth-order valence-electron chi connectivity index (χ4n) is 3.18. The largest absolute Gasteiger partial charge is 0.326 e. The Bertz CT molecular complexity index is 1030. The first-order valence-corrected chi connectivity index (χ1v) is 7.72. The Morgan fingerprint density at radius 2 is 1.78 bits per heavy atom. The number of pyridine rings is 1. The lowest BCUT2D eigenvalue weighted by atomic mass is 10.1. The molecule has 0 amide bonds. The van der Waals surface area contributed by atoms with E-state index < -0.39 is 0 Å². The maximum absolute atomic E-state index is 5.78. The van der Waals surface area contributed by atoms with Gasteiger partial charge in [-0.15, -0.1) is 10.2 Å². The molecule has 23 heavy (non-hydrogen) atoms. The standard InChI is InChI=1S/C19H18N4/c1-12-5-3-8-16-13(2)9-17-21-22-19(23(17)18(12)16)15-7-4-6-14(10-15)11-20/h3-10H,11,20H2,1-2H3. The smallest absolute Gasteiger partial charge is 0.168 e. The Labute approximate surface area is 134 Å². The van der Waals surface area contributed by atoms with Crippen molar-refractivity contribution in [1.82, 2.24) is 14.6 Å². The van der Waals surface area contributed by atoms with E-state index in [2.05, 4.69) is 64.8 Å². The van der Waals surface area contributed by atoms with Crippen molar-refractivity contribution in [2.45, 2.75) is 20.4 Å². The van der Waals surface area contributed by atoms with Crippen LogP contribution in [0.1, 0.15) is 16.7 Å². The van der Waals surface area contributed by atoms with E-state index in [-0.39, 0.29) is 0 Å². The summed E-state index contributed by atoms with van der Waals surface area (Å²) in [5, 5.41) is 10.1. The minimum atomic E-state index is 0.517. The Kier molecular flexibility index (Phi) is 3.13. The number of aryl methyl sites for hydroxylation is 2. The van der Waals surface area contributed by atoms with Gasteiger partial charge in [-0.25, -0.2) is 0 Å². The molecule has 4 aromatic rings. The van der Waals surface area contributed by atoms with Gasteiger partial charge in [-0.05, 0) is 42.7 Å². The zero-order chi connectivity index (χ0) is 16.0. The summed E-state index contributed by atoms with van der Waals surface area (Å²) in [5.41, 5.74) is 12.4. The van der Waals surface area contributed by atoms with Crippen molar-refractivity contribution in [2.75, 3.05) is 0 Å². The van der Waals surface area contributed by atoms with Crippen LogP contribution in [0.25, 0.3) is 27.9 Å². The van der Waals surface area contributed by atoms with E-state index in [1.807, 2.05) is 12.1 Å². The average Bonchev–Trinajstić information content (AvgIpc) is 2.99. The predicted molar refractivity (Wildman–Crippen MR) is 93.3 cm³/mol. The number of benzene rings is 2. The summed E-state index contributed by atoms with van der Waals surface area (Å²) >= 11 is 0. The summed E-state index contributed by atoms with van der Waals surface area (Å²) < 4.78 is 2.15. The fraction of sp³-hybridized carbons (Fsp3) is 0.158. The highest BCUT2D eigenvalue weighted by atomic mass is 15.2. The van der Waals surface area contributed by atoms with Crippen LogP contribution in [-0.4, -0.2) is 14.6 Å². The molecule has 0 aliphatic heterocycles. The number of rotatable bonds is 2. The van der Waals surface area contributed by atoms with Gasteiger partial charge in [0.05, 0.1) is 5.52 Å². The summed E-state index contributed by atoms with van der Waals surface area (Å²) in [6, 6.07) is 16.6. The number of aromatic nitrogens is 3. The molecule has 0 atom stereocenters. The summed E-state index contributed by atoms with van der Waals surface area (Å²) in [5.74, 6) is 0.856. The van der Waals surface area contributed by atoms with Crippen molar-refractivity contribution in [3.8, 4) is 11.4 Å². The molecule has 4 rings (SSSR count). The summed E-state index contributed by atoms with van der Waals surface area (Å²) in [7, 11) is 0. The Balaban J connectivity index is 2.13. The van der Waals surface area contributed by atoms with Crippen LogP contribution in [0.5, 0.6) is 0 Å². The van der Waals surface area contributed by atoms with Crippen LogP contribution in [0.3, 0.4) is 0 Å². The van der Waals surface area contributed by atoms with Crippen molar-refractivity contribution in [1.29, 1.82) is 0 Å². The number of nitrogens with zero attached hydrogens (tertiary/aromatic N) is 3. The highest BCUT2D eigenvalue weighted by molar-refractivity contribution is 5.89. The molecular weight excluding hydrogens is 284 g/mol. The first kappa shape index (κ1) is 13.9. The number of hydrogen-bond acceptors (Lipinski definition) is 3. The monoisotopic (exact) mass is 302 g/mol. The van der Waals surface area contributed by atoms with Gasteiger partial charge in [0, 0.05) is 17.5 Å². The van der Waals surface area contributed by atoms with E-state index in [1.54, 1.807) is 0 Å². The van der Waals surface area contributed by atoms with Gasteiger partial charge >= 0.3 is 0 Å². The zero-order valence-corrected chi connectivity index (χ0v) is 13.2. The van der Waals surface area contributed by atoms with Gasteiger partial charge in [0.2, 0.25) is 0 Å². The molecule has 0 spiro atoms. The first-order chi connectivity index (χ1) is 11.2. The highest BCUT2D eigenvalue weighted by Gasteiger charge is 2.14. The van der Waals surface area contributed by atoms with Gasteiger partial charge in [0.25, 0.3) is 0 Å². The van der Waals surface area contributed by atoms with E-state index in [1.165, 1.54) is 22.0 Å². The number of hydrogen-bond donors (Lipinski definition) is 1. The van der Waals surface area contributed by atoms with E-state index in [0.29, 0.717) is 6.54 Å². The molecule has 0 unspecified atom stereocenters. The Morgan fingerprint density at radius 1 is 0.957 bits per heavy atom. The van der Waals surface area contributed by atoms with Crippen molar-refractivity contribution in [2.24, 2.45) is 5.73 Å². The molecule has 2 heterocycles. The molecule has 0 bridgehead atoms. The average molecular weight is 302 g/mol. The fourth-order valence-corrected chi connectivity index (χ4v) is 3.18.